The van der Waals surface area contributed by atoms with Crippen LogP contribution in [0.25, 0.3) is 10.7 Å². The minimum Gasteiger partial charge on any atom is -0.493 e. The number of anilines is 1. The highest BCUT2D eigenvalue weighted by Gasteiger charge is 2.17. The molecule has 2 aromatic heterocycles. The Morgan fingerprint density at radius 2 is 2.15 bits per heavy atom. The fraction of sp³-hybridized carbons (Fsp3) is 0.222. The van der Waals surface area contributed by atoms with E-state index >= 15 is 0 Å². The Hall–Kier alpha value is -2.71. The zero-order valence-corrected chi connectivity index (χ0v) is 16.3. The van der Waals surface area contributed by atoms with E-state index in [0.29, 0.717) is 44.5 Å². The molecule has 0 saturated carbocycles. The molecule has 0 aliphatic heterocycles. The van der Waals surface area contributed by atoms with Gasteiger partial charge in [-0.3, -0.25) is 15.1 Å². The Bertz CT molecular complexity index is 934. The standard InChI is InChI=1S/C18H17ClN4O3S/c1-3-8-26-15-12(19)9-11(10-14(15)25-2)16(24)21-18-23-22-17(27-18)13-6-4-5-7-20-13/h4-7,9-10H,3,8H2,1-2H3,(H,21,23,24). The second-order valence-corrected chi connectivity index (χ2v) is 6.80. The monoisotopic (exact) mass is 404 g/mol. The SMILES string of the molecule is CCCOc1c(Cl)cc(C(=O)Nc2nnc(-c3ccccn3)s2)cc1OC. The number of benzene rings is 1. The van der Waals surface area contributed by atoms with Gasteiger partial charge in [0.25, 0.3) is 5.91 Å². The van der Waals surface area contributed by atoms with Gasteiger partial charge in [0.1, 0.15) is 5.69 Å². The third-order valence-electron chi connectivity index (χ3n) is 3.47. The van der Waals surface area contributed by atoms with Gasteiger partial charge >= 0.3 is 0 Å². The molecule has 1 N–H and O–H groups in total. The molecule has 0 atom stereocenters. The van der Waals surface area contributed by atoms with Crippen molar-refractivity contribution in [2.24, 2.45) is 0 Å². The summed E-state index contributed by atoms with van der Waals surface area (Å²) in [6, 6.07) is 8.61. The van der Waals surface area contributed by atoms with E-state index in [1.807, 2.05) is 25.1 Å². The first-order chi connectivity index (χ1) is 13.1. The molecule has 0 aliphatic carbocycles. The topological polar surface area (TPSA) is 86.2 Å². The Morgan fingerprint density at radius 1 is 1.30 bits per heavy atom. The third-order valence-corrected chi connectivity index (χ3v) is 4.61. The molecule has 9 heteroatoms. The summed E-state index contributed by atoms with van der Waals surface area (Å²) in [5.41, 5.74) is 1.02. The normalized spacial score (nSPS) is 10.5. The van der Waals surface area contributed by atoms with Crippen LogP contribution in [0, 0.1) is 0 Å². The molecule has 140 valence electrons. The Morgan fingerprint density at radius 3 is 2.85 bits per heavy atom. The molecule has 0 spiro atoms. The summed E-state index contributed by atoms with van der Waals surface area (Å²) in [5, 5.41) is 12.0. The lowest BCUT2D eigenvalue weighted by Gasteiger charge is -2.13. The average Bonchev–Trinajstić information content (AvgIpc) is 3.15. The van der Waals surface area contributed by atoms with Crippen LogP contribution >= 0.6 is 22.9 Å². The van der Waals surface area contributed by atoms with Gasteiger partial charge < -0.3 is 9.47 Å². The minimum absolute atomic E-state index is 0.305. The van der Waals surface area contributed by atoms with Gasteiger partial charge in [-0.1, -0.05) is 35.9 Å². The lowest BCUT2D eigenvalue weighted by molar-refractivity contribution is 0.102. The largest absolute Gasteiger partial charge is 0.493 e. The molecule has 0 unspecified atom stereocenters. The lowest BCUT2D eigenvalue weighted by Crippen LogP contribution is -2.12. The molecule has 7 nitrogen and oxygen atoms in total. The van der Waals surface area contributed by atoms with Crippen molar-refractivity contribution in [3.63, 3.8) is 0 Å². The number of hydrogen-bond donors (Lipinski definition) is 1. The first-order valence-corrected chi connectivity index (χ1v) is 9.38. The predicted octanol–water partition coefficient (Wildman–Crippen LogP) is 4.30. The summed E-state index contributed by atoms with van der Waals surface area (Å²) in [4.78, 5) is 16.8. The molecule has 0 radical (unpaired) electrons. The van der Waals surface area contributed by atoms with Gasteiger partial charge in [-0.05, 0) is 30.7 Å². The van der Waals surface area contributed by atoms with Gasteiger partial charge in [-0.2, -0.15) is 0 Å². The summed E-state index contributed by atoms with van der Waals surface area (Å²) >= 11 is 7.49. The lowest BCUT2D eigenvalue weighted by atomic mass is 10.2. The molecule has 0 fully saturated rings. The third kappa shape index (κ3) is 4.53. The molecule has 0 aliphatic rings. The van der Waals surface area contributed by atoms with E-state index in [1.54, 1.807) is 12.3 Å². The van der Waals surface area contributed by atoms with E-state index in [9.17, 15) is 4.79 Å². The highest BCUT2D eigenvalue weighted by Crippen LogP contribution is 2.37. The van der Waals surface area contributed by atoms with Crippen molar-refractivity contribution in [3.8, 4) is 22.2 Å². The van der Waals surface area contributed by atoms with Crippen molar-refractivity contribution in [2.45, 2.75) is 13.3 Å². The number of nitrogens with zero attached hydrogens (tertiary/aromatic N) is 3. The summed E-state index contributed by atoms with van der Waals surface area (Å²) in [7, 11) is 1.50. The van der Waals surface area contributed by atoms with E-state index < -0.39 is 0 Å². The van der Waals surface area contributed by atoms with E-state index in [1.165, 1.54) is 24.5 Å². The maximum absolute atomic E-state index is 12.6. The van der Waals surface area contributed by atoms with Gasteiger partial charge in [0.2, 0.25) is 5.13 Å². The molecule has 1 aromatic carbocycles. The summed E-state index contributed by atoms with van der Waals surface area (Å²) in [5.74, 6) is 0.444. The molecule has 0 bridgehead atoms. The summed E-state index contributed by atoms with van der Waals surface area (Å²) in [6.45, 7) is 2.49. The number of methoxy groups -OCH3 is 1. The molecule has 3 aromatic rings. The van der Waals surface area contributed by atoms with Crippen molar-refractivity contribution < 1.29 is 14.3 Å². The van der Waals surface area contributed by atoms with Crippen LogP contribution < -0.4 is 14.8 Å². The summed E-state index contributed by atoms with van der Waals surface area (Å²) in [6.07, 6.45) is 2.50. The van der Waals surface area contributed by atoms with E-state index in [2.05, 4.69) is 20.5 Å². The minimum atomic E-state index is -0.374. The molecular formula is C18H17ClN4O3S. The summed E-state index contributed by atoms with van der Waals surface area (Å²) < 4.78 is 10.9. The molecule has 27 heavy (non-hydrogen) atoms. The molecular weight excluding hydrogens is 388 g/mol. The zero-order valence-electron chi connectivity index (χ0n) is 14.7. The zero-order chi connectivity index (χ0) is 19.2. The number of halogens is 1. The smallest absolute Gasteiger partial charge is 0.257 e. The Kier molecular flexibility index (Phi) is 6.20. The number of amides is 1. The Balaban J connectivity index is 1.78. The maximum Gasteiger partial charge on any atom is 0.257 e. The van der Waals surface area contributed by atoms with E-state index in [-0.39, 0.29) is 5.91 Å². The van der Waals surface area contributed by atoms with Crippen molar-refractivity contribution in [3.05, 3.63) is 47.1 Å². The highest BCUT2D eigenvalue weighted by atomic mass is 35.5. The fourth-order valence-corrected chi connectivity index (χ4v) is 3.21. The van der Waals surface area contributed by atoms with Crippen molar-refractivity contribution in [2.75, 3.05) is 19.0 Å². The first-order valence-electron chi connectivity index (χ1n) is 8.19. The van der Waals surface area contributed by atoms with Crippen LogP contribution in [0.15, 0.2) is 36.5 Å². The number of hydrogen-bond acceptors (Lipinski definition) is 7. The van der Waals surface area contributed by atoms with Gasteiger partial charge in [-0.25, -0.2) is 0 Å². The number of ether oxygens (including phenoxy) is 2. The van der Waals surface area contributed by atoms with Crippen molar-refractivity contribution in [1.82, 2.24) is 15.2 Å². The van der Waals surface area contributed by atoms with Crippen molar-refractivity contribution >= 4 is 34.0 Å². The van der Waals surface area contributed by atoms with Crippen LogP contribution in [0.4, 0.5) is 5.13 Å². The molecule has 2 heterocycles. The van der Waals surface area contributed by atoms with Crippen LogP contribution in [0.2, 0.25) is 5.02 Å². The number of carbonyl (C=O) groups is 1. The van der Waals surface area contributed by atoms with Crippen LogP contribution in [0.3, 0.4) is 0 Å². The second kappa shape index (κ2) is 8.79. The number of aromatic nitrogens is 3. The van der Waals surface area contributed by atoms with E-state index in [0.717, 1.165) is 6.42 Å². The van der Waals surface area contributed by atoms with Crippen LogP contribution in [0.1, 0.15) is 23.7 Å². The second-order valence-electron chi connectivity index (χ2n) is 5.42. The quantitative estimate of drug-likeness (QED) is 0.631. The van der Waals surface area contributed by atoms with Gasteiger partial charge in [0.15, 0.2) is 16.5 Å². The van der Waals surface area contributed by atoms with Crippen LogP contribution in [-0.4, -0.2) is 34.8 Å². The van der Waals surface area contributed by atoms with Crippen LogP contribution in [-0.2, 0) is 0 Å². The fourth-order valence-electron chi connectivity index (χ4n) is 2.23. The molecule has 3 rings (SSSR count). The number of pyridine rings is 1. The number of carbonyl (C=O) groups excluding carboxylic acids is 1. The first kappa shape index (κ1) is 19.1. The van der Waals surface area contributed by atoms with E-state index in [4.69, 9.17) is 21.1 Å². The average molecular weight is 405 g/mol. The highest BCUT2D eigenvalue weighted by molar-refractivity contribution is 7.18. The van der Waals surface area contributed by atoms with Crippen LogP contribution in [0.5, 0.6) is 11.5 Å². The number of nitrogens with one attached hydrogen (secondary N) is 1. The predicted molar refractivity (Wildman–Crippen MR) is 105 cm³/mol. The molecule has 1 amide bonds. The maximum atomic E-state index is 12.6. The van der Waals surface area contributed by atoms with Gasteiger partial charge in [0.05, 0.1) is 18.7 Å². The molecule has 0 saturated heterocycles. The van der Waals surface area contributed by atoms with Gasteiger partial charge in [0, 0.05) is 11.8 Å². The van der Waals surface area contributed by atoms with Crippen molar-refractivity contribution in [1.29, 1.82) is 0 Å². The Labute approximate surface area is 165 Å². The van der Waals surface area contributed by atoms with Gasteiger partial charge in [-0.15, -0.1) is 10.2 Å². The number of rotatable bonds is 7.